The van der Waals surface area contributed by atoms with E-state index in [1.807, 2.05) is 46.1 Å². The largest absolute Gasteiger partial charge is 0.490 e. The number of nitrogen functional groups attached to an aromatic ring is 1. The van der Waals surface area contributed by atoms with E-state index in [4.69, 9.17) is 20.1 Å². The Morgan fingerprint density at radius 3 is 2.45 bits per heavy atom. The predicted octanol–water partition coefficient (Wildman–Crippen LogP) is 3.78. The van der Waals surface area contributed by atoms with E-state index in [0.717, 1.165) is 0 Å². The van der Waals surface area contributed by atoms with Crippen molar-refractivity contribution in [2.24, 2.45) is 5.92 Å². The molecule has 0 fully saturated rings. The number of aryl methyl sites for hydroxylation is 1. The molecule has 0 spiro atoms. The molecule has 1 amide bonds. The Morgan fingerprint density at radius 1 is 1.26 bits per heavy atom. The van der Waals surface area contributed by atoms with Crippen molar-refractivity contribution in [1.82, 2.24) is 29.7 Å². The normalized spacial score (nSPS) is 12.9. The summed E-state index contributed by atoms with van der Waals surface area (Å²) in [5, 5.41) is 27.6. The SMILES string of the molecule is CCn1c(-c2nonc2N)nc2c(C#CC(C)(C)O)ncc(OCCC(C(C)C)N(C(=O)O)C(C)(C)C)c21. The fourth-order valence-electron chi connectivity index (χ4n) is 4.34. The van der Waals surface area contributed by atoms with Crippen LogP contribution in [0.15, 0.2) is 10.8 Å². The van der Waals surface area contributed by atoms with Gasteiger partial charge in [0.05, 0.1) is 12.8 Å². The number of amides is 1. The molecule has 206 valence electrons. The third-order valence-electron chi connectivity index (χ3n) is 5.97. The minimum Gasteiger partial charge on any atom is -0.490 e. The van der Waals surface area contributed by atoms with Gasteiger partial charge in [-0.3, -0.25) is 0 Å². The van der Waals surface area contributed by atoms with Crippen LogP contribution >= 0.6 is 0 Å². The highest BCUT2D eigenvalue weighted by Gasteiger charge is 2.35. The van der Waals surface area contributed by atoms with Crippen molar-refractivity contribution in [3.05, 3.63) is 11.9 Å². The molecule has 12 nitrogen and oxygen atoms in total. The summed E-state index contributed by atoms with van der Waals surface area (Å²) >= 11 is 0. The number of nitrogens with zero attached hydrogens (tertiary/aromatic N) is 6. The van der Waals surface area contributed by atoms with Crippen LogP contribution < -0.4 is 10.5 Å². The number of hydrogen-bond donors (Lipinski definition) is 3. The third kappa shape index (κ3) is 6.16. The predicted molar refractivity (Wildman–Crippen MR) is 142 cm³/mol. The van der Waals surface area contributed by atoms with Crippen LogP contribution in [-0.2, 0) is 6.54 Å². The molecule has 0 aliphatic heterocycles. The minimum absolute atomic E-state index is 0.0713. The van der Waals surface area contributed by atoms with Crippen LogP contribution in [0.2, 0.25) is 0 Å². The molecular formula is C26H37N7O5. The smallest absolute Gasteiger partial charge is 0.407 e. The molecule has 0 aliphatic rings. The van der Waals surface area contributed by atoms with E-state index in [1.165, 1.54) is 4.90 Å². The van der Waals surface area contributed by atoms with Crippen LogP contribution in [0, 0.1) is 17.8 Å². The quantitative estimate of drug-likeness (QED) is 0.367. The number of aromatic nitrogens is 5. The fourth-order valence-corrected chi connectivity index (χ4v) is 4.34. The van der Waals surface area contributed by atoms with E-state index in [0.29, 0.717) is 41.3 Å². The molecule has 0 aliphatic carbocycles. The number of rotatable bonds is 8. The molecule has 3 heterocycles. The maximum atomic E-state index is 12.1. The molecule has 3 aromatic heterocycles. The van der Waals surface area contributed by atoms with Crippen molar-refractivity contribution in [2.45, 2.75) is 85.5 Å². The van der Waals surface area contributed by atoms with Crippen LogP contribution in [0.25, 0.3) is 22.6 Å². The molecule has 0 saturated carbocycles. The number of aliphatic hydroxyl groups is 1. The van der Waals surface area contributed by atoms with Gasteiger partial charge in [0.25, 0.3) is 0 Å². The number of carbonyl (C=O) groups is 1. The summed E-state index contributed by atoms with van der Waals surface area (Å²) in [4.78, 5) is 22.8. The first-order chi connectivity index (χ1) is 17.7. The lowest BCUT2D eigenvalue weighted by Crippen LogP contribution is -2.53. The average Bonchev–Trinajstić information content (AvgIpc) is 3.38. The molecular weight excluding hydrogens is 490 g/mol. The summed E-state index contributed by atoms with van der Waals surface area (Å²) in [5.74, 6) is 6.70. The standard InChI is InChI=1S/C26H37N7O5/c1-9-32-21-18(37-13-11-17(15(2)3)33(24(34)35)25(4,5)6)14-28-16(10-12-26(7,8)36)19(21)29-23(32)20-22(27)31-38-30-20/h14-15,17,36H,9,11,13H2,1-8H3,(H2,27,31)(H,34,35). The summed E-state index contributed by atoms with van der Waals surface area (Å²) < 4.78 is 12.9. The van der Waals surface area contributed by atoms with E-state index in [9.17, 15) is 15.0 Å². The Labute approximate surface area is 222 Å². The molecule has 38 heavy (non-hydrogen) atoms. The number of hydrogen-bond acceptors (Lipinski definition) is 9. The number of anilines is 1. The van der Waals surface area contributed by atoms with Crippen LogP contribution in [-0.4, -0.2) is 69.8 Å². The molecule has 1 unspecified atom stereocenters. The van der Waals surface area contributed by atoms with Crippen molar-refractivity contribution in [1.29, 1.82) is 0 Å². The summed E-state index contributed by atoms with van der Waals surface area (Å²) in [5.41, 5.74) is 5.85. The van der Waals surface area contributed by atoms with Gasteiger partial charge in [0.1, 0.15) is 22.3 Å². The molecule has 1 atom stereocenters. The maximum Gasteiger partial charge on any atom is 0.407 e. The Balaban J connectivity index is 2.06. The van der Waals surface area contributed by atoms with Crippen molar-refractivity contribution < 1.29 is 24.4 Å². The van der Waals surface area contributed by atoms with Gasteiger partial charge in [-0.25, -0.2) is 19.4 Å². The number of nitrogens with two attached hydrogens (primary N) is 1. The minimum atomic E-state index is -1.23. The topological polar surface area (TPSA) is 166 Å². The monoisotopic (exact) mass is 527 g/mol. The number of imidazole rings is 1. The Hall–Kier alpha value is -3.85. The van der Waals surface area contributed by atoms with Gasteiger partial charge >= 0.3 is 6.09 Å². The van der Waals surface area contributed by atoms with Gasteiger partial charge in [-0.05, 0) is 63.7 Å². The van der Waals surface area contributed by atoms with E-state index in [-0.39, 0.29) is 30.1 Å². The highest BCUT2D eigenvalue weighted by atomic mass is 16.6. The third-order valence-corrected chi connectivity index (χ3v) is 5.97. The second-order valence-electron chi connectivity index (χ2n) is 10.9. The van der Waals surface area contributed by atoms with Crippen LogP contribution in [0.4, 0.5) is 10.6 Å². The molecule has 0 radical (unpaired) electrons. The number of fused-ring (bicyclic) bond motifs is 1. The molecule has 4 N–H and O–H groups in total. The Bertz CT molecular complexity index is 1350. The molecule has 3 aromatic rings. The molecule has 0 saturated heterocycles. The van der Waals surface area contributed by atoms with Gasteiger partial charge in [-0.1, -0.05) is 19.8 Å². The van der Waals surface area contributed by atoms with Gasteiger partial charge in [-0.2, -0.15) is 0 Å². The summed E-state index contributed by atoms with van der Waals surface area (Å²) in [7, 11) is 0. The van der Waals surface area contributed by atoms with Crippen LogP contribution in [0.3, 0.4) is 0 Å². The average molecular weight is 528 g/mol. The highest BCUT2D eigenvalue weighted by molar-refractivity contribution is 5.89. The van der Waals surface area contributed by atoms with E-state index < -0.39 is 17.2 Å². The van der Waals surface area contributed by atoms with Gasteiger partial charge in [0.2, 0.25) is 0 Å². The lowest BCUT2D eigenvalue weighted by atomic mass is 9.94. The van der Waals surface area contributed by atoms with Crippen LogP contribution in [0.1, 0.15) is 67.5 Å². The fraction of sp³-hybridized carbons (Fsp3) is 0.577. The molecule has 3 rings (SSSR count). The van der Waals surface area contributed by atoms with Crippen LogP contribution in [0.5, 0.6) is 5.75 Å². The van der Waals surface area contributed by atoms with Gasteiger partial charge in [0.15, 0.2) is 23.1 Å². The number of carboxylic acid groups (broad SMARTS) is 1. The van der Waals surface area contributed by atoms with Crippen molar-refractivity contribution in [2.75, 3.05) is 12.3 Å². The lowest BCUT2D eigenvalue weighted by molar-refractivity contribution is 0.0452. The van der Waals surface area contributed by atoms with E-state index >= 15 is 0 Å². The summed E-state index contributed by atoms with van der Waals surface area (Å²) in [6, 6.07) is -0.263. The number of ether oxygens (including phenoxy) is 1. The first-order valence-electron chi connectivity index (χ1n) is 12.5. The summed E-state index contributed by atoms with van der Waals surface area (Å²) in [6.45, 7) is 15.5. The first kappa shape index (κ1) is 28.7. The Kier molecular flexibility index (Phi) is 8.21. The second kappa shape index (κ2) is 10.9. The molecule has 0 aromatic carbocycles. The second-order valence-corrected chi connectivity index (χ2v) is 10.9. The molecule has 12 heteroatoms. The van der Waals surface area contributed by atoms with Crippen molar-refractivity contribution in [3.63, 3.8) is 0 Å². The van der Waals surface area contributed by atoms with Gasteiger partial charge in [0, 0.05) is 24.5 Å². The van der Waals surface area contributed by atoms with E-state index in [1.54, 1.807) is 20.0 Å². The lowest BCUT2D eigenvalue weighted by Gasteiger charge is -2.41. The zero-order valence-electron chi connectivity index (χ0n) is 23.2. The maximum absolute atomic E-state index is 12.1. The van der Waals surface area contributed by atoms with E-state index in [2.05, 4.69) is 27.1 Å². The highest BCUT2D eigenvalue weighted by Crippen LogP contribution is 2.33. The van der Waals surface area contributed by atoms with Gasteiger partial charge < -0.3 is 30.2 Å². The zero-order valence-corrected chi connectivity index (χ0v) is 23.2. The molecule has 0 bridgehead atoms. The first-order valence-corrected chi connectivity index (χ1v) is 12.5. The Morgan fingerprint density at radius 2 is 1.95 bits per heavy atom. The van der Waals surface area contributed by atoms with Gasteiger partial charge in [-0.15, -0.1) is 0 Å². The van der Waals surface area contributed by atoms with Crippen molar-refractivity contribution in [3.8, 4) is 29.1 Å². The number of pyridine rings is 1. The van der Waals surface area contributed by atoms with Crippen molar-refractivity contribution >= 4 is 22.9 Å². The zero-order chi connectivity index (χ0) is 28.4. The summed E-state index contributed by atoms with van der Waals surface area (Å²) in [6.07, 6.45) is 1.06.